The van der Waals surface area contributed by atoms with Crippen molar-refractivity contribution in [3.05, 3.63) is 58.3 Å². The van der Waals surface area contributed by atoms with Gasteiger partial charge in [-0.15, -0.1) is 11.3 Å². The molecule has 0 radical (unpaired) electrons. The number of carbonyl (C=O) groups is 1. The Hall–Kier alpha value is -2.20. The number of benzene rings is 2. The van der Waals surface area contributed by atoms with E-state index in [1.807, 2.05) is 12.1 Å². The first kappa shape index (κ1) is 10.9. The van der Waals surface area contributed by atoms with Crippen LogP contribution in [0.5, 0.6) is 0 Å². The van der Waals surface area contributed by atoms with E-state index in [0.717, 1.165) is 15.8 Å². The molecule has 2 aliphatic rings. The predicted octanol–water partition coefficient (Wildman–Crippen LogP) is 3.06. The molecular formula is C14H8O3S. The van der Waals surface area contributed by atoms with E-state index >= 15 is 0 Å². The van der Waals surface area contributed by atoms with Gasteiger partial charge in [-0.2, -0.15) is 0 Å². The largest absolute Gasteiger partial charge is 0.478 e. The van der Waals surface area contributed by atoms with Crippen molar-refractivity contribution in [2.75, 3.05) is 0 Å². The van der Waals surface area contributed by atoms with Crippen molar-refractivity contribution in [1.82, 2.24) is 0 Å². The minimum Gasteiger partial charge on any atom is -0.478 e. The van der Waals surface area contributed by atoms with Gasteiger partial charge in [0.2, 0.25) is 0 Å². The molecule has 1 aliphatic carbocycles. The van der Waals surface area contributed by atoms with Crippen molar-refractivity contribution in [3.63, 3.8) is 0 Å². The minimum atomic E-state index is -0.950. The van der Waals surface area contributed by atoms with Crippen LogP contribution in [-0.2, 0) is 0 Å². The van der Waals surface area contributed by atoms with Crippen molar-refractivity contribution < 1.29 is 9.90 Å². The molecule has 0 atom stereocenters. The smallest absolute Gasteiger partial charge is 0.337 e. The summed E-state index contributed by atoms with van der Waals surface area (Å²) in [6, 6.07) is 11.9. The Morgan fingerprint density at radius 1 is 1.11 bits per heavy atom. The molecule has 1 heterocycles. The van der Waals surface area contributed by atoms with Crippen LogP contribution in [-0.4, -0.2) is 11.1 Å². The Morgan fingerprint density at radius 3 is 2.72 bits per heavy atom. The van der Waals surface area contributed by atoms with E-state index in [9.17, 15) is 9.59 Å². The van der Waals surface area contributed by atoms with Crippen LogP contribution in [0.3, 0.4) is 0 Å². The topological polar surface area (TPSA) is 54.4 Å². The molecule has 3 rings (SSSR count). The third kappa shape index (κ3) is 1.67. The molecule has 0 amide bonds. The van der Waals surface area contributed by atoms with Gasteiger partial charge in [0.15, 0.2) is 5.43 Å². The summed E-state index contributed by atoms with van der Waals surface area (Å²) in [4.78, 5) is 23.3. The fourth-order valence-electron chi connectivity index (χ4n) is 1.95. The summed E-state index contributed by atoms with van der Waals surface area (Å²) in [7, 11) is 0. The molecule has 1 N–H and O–H groups in total. The molecule has 0 saturated heterocycles. The minimum absolute atomic E-state index is 0.0640. The summed E-state index contributed by atoms with van der Waals surface area (Å²) in [6.45, 7) is 0. The van der Waals surface area contributed by atoms with Crippen molar-refractivity contribution >= 4 is 27.4 Å². The van der Waals surface area contributed by atoms with E-state index in [1.165, 1.54) is 23.5 Å². The van der Waals surface area contributed by atoms with E-state index in [2.05, 4.69) is 0 Å². The molecular weight excluding hydrogens is 248 g/mol. The number of rotatable bonds is 1. The molecule has 0 bridgehead atoms. The van der Waals surface area contributed by atoms with Gasteiger partial charge in [-0.05, 0) is 35.2 Å². The Morgan fingerprint density at radius 2 is 1.94 bits per heavy atom. The van der Waals surface area contributed by atoms with E-state index in [0.29, 0.717) is 4.70 Å². The molecule has 18 heavy (non-hydrogen) atoms. The summed E-state index contributed by atoms with van der Waals surface area (Å²) in [5.41, 5.74) is 1.16. The van der Waals surface area contributed by atoms with Crippen molar-refractivity contribution in [2.24, 2.45) is 0 Å². The second-order valence-corrected chi connectivity index (χ2v) is 5.03. The van der Waals surface area contributed by atoms with Crippen LogP contribution in [0.2, 0.25) is 0 Å². The van der Waals surface area contributed by atoms with E-state index in [-0.39, 0.29) is 11.0 Å². The Bertz CT molecular complexity index is 789. The average Bonchev–Trinajstić information content (AvgIpc) is 2.35. The first-order valence-electron chi connectivity index (χ1n) is 5.35. The van der Waals surface area contributed by atoms with Crippen molar-refractivity contribution in [1.29, 1.82) is 0 Å². The molecule has 1 aromatic carbocycles. The highest BCUT2D eigenvalue weighted by atomic mass is 32.1. The molecule has 0 unspecified atom stereocenters. The van der Waals surface area contributed by atoms with Gasteiger partial charge in [0.05, 0.1) is 5.56 Å². The molecule has 88 valence electrons. The molecule has 0 spiro atoms. The maximum Gasteiger partial charge on any atom is 0.337 e. The van der Waals surface area contributed by atoms with Gasteiger partial charge in [-0.3, -0.25) is 4.79 Å². The van der Waals surface area contributed by atoms with E-state index in [1.54, 1.807) is 18.2 Å². The summed E-state index contributed by atoms with van der Waals surface area (Å²) >= 11 is 1.34. The lowest BCUT2D eigenvalue weighted by Crippen LogP contribution is -1.99. The zero-order valence-corrected chi connectivity index (χ0v) is 10.0. The Labute approximate surface area is 106 Å². The normalized spacial score (nSPS) is 10.9. The highest BCUT2D eigenvalue weighted by molar-refractivity contribution is 7.22. The lowest BCUT2D eigenvalue weighted by Gasteiger charge is -2.07. The first-order valence-corrected chi connectivity index (χ1v) is 6.17. The Balaban J connectivity index is 2.47. The van der Waals surface area contributed by atoms with Gasteiger partial charge in [-0.25, -0.2) is 4.79 Å². The molecule has 0 fully saturated rings. The van der Waals surface area contributed by atoms with E-state index < -0.39 is 5.97 Å². The summed E-state index contributed by atoms with van der Waals surface area (Å²) in [5, 5.41) is 10.0. The second-order valence-electron chi connectivity index (χ2n) is 3.98. The maximum absolute atomic E-state index is 11.3. The van der Waals surface area contributed by atoms with Gasteiger partial charge in [0, 0.05) is 15.6 Å². The number of fused-ring (bicyclic) bond motifs is 2. The number of aromatic carboxylic acids is 1. The third-order valence-electron chi connectivity index (χ3n) is 2.78. The van der Waals surface area contributed by atoms with Gasteiger partial charge < -0.3 is 5.11 Å². The molecule has 1 aromatic rings. The van der Waals surface area contributed by atoms with E-state index in [4.69, 9.17) is 5.11 Å². The van der Waals surface area contributed by atoms with Crippen molar-refractivity contribution in [3.8, 4) is 10.4 Å². The zero-order valence-electron chi connectivity index (χ0n) is 9.21. The van der Waals surface area contributed by atoms with Crippen LogP contribution in [0, 0.1) is 0 Å². The van der Waals surface area contributed by atoms with Crippen LogP contribution in [0.4, 0.5) is 0 Å². The van der Waals surface area contributed by atoms with Gasteiger partial charge in [0.1, 0.15) is 0 Å². The van der Waals surface area contributed by atoms with Gasteiger partial charge in [0.25, 0.3) is 0 Å². The molecule has 3 nitrogen and oxygen atoms in total. The van der Waals surface area contributed by atoms with Crippen LogP contribution in [0.15, 0.2) is 47.3 Å². The lowest BCUT2D eigenvalue weighted by molar-refractivity contribution is 0.0699. The van der Waals surface area contributed by atoms with Gasteiger partial charge in [-0.1, -0.05) is 12.1 Å². The summed E-state index contributed by atoms with van der Waals surface area (Å²) < 4.78 is 0.697. The fourth-order valence-corrected chi connectivity index (χ4v) is 3.10. The average molecular weight is 256 g/mol. The number of carboxylic acid groups (broad SMARTS) is 1. The maximum atomic E-state index is 11.3. The quantitative estimate of drug-likeness (QED) is 0.681. The number of carboxylic acids is 1. The molecule has 1 aliphatic heterocycles. The fraction of sp³-hybridized carbons (Fsp3) is 0. The standard InChI is InChI=1S/C14H8O3S/c15-10-5-4-8-6-9-2-1-3-11(14(16)17)13(9)18-12(8)7-10/h1-7H,(H,16,17). The summed E-state index contributed by atoms with van der Waals surface area (Å²) in [5.74, 6) is -0.950. The monoisotopic (exact) mass is 256 g/mol. The summed E-state index contributed by atoms with van der Waals surface area (Å²) in [6.07, 6.45) is 0. The zero-order chi connectivity index (χ0) is 12.7. The van der Waals surface area contributed by atoms with Crippen LogP contribution >= 0.6 is 11.3 Å². The van der Waals surface area contributed by atoms with Gasteiger partial charge >= 0.3 is 5.97 Å². The number of hydrogen-bond donors (Lipinski definition) is 1. The number of hydrogen-bond acceptors (Lipinski definition) is 3. The molecule has 0 saturated carbocycles. The molecule has 0 aromatic heterocycles. The van der Waals surface area contributed by atoms with Crippen molar-refractivity contribution in [2.45, 2.75) is 0 Å². The highest BCUT2D eigenvalue weighted by Gasteiger charge is 2.12. The third-order valence-corrected chi connectivity index (χ3v) is 4.02. The highest BCUT2D eigenvalue weighted by Crippen LogP contribution is 2.34. The SMILES string of the molecule is O=C(O)c1cccc2cc3ccc(=O)cc-3sc12. The lowest BCUT2D eigenvalue weighted by atomic mass is 10.1. The first-order chi connectivity index (χ1) is 8.65. The van der Waals surface area contributed by atoms with Crippen LogP contribution < -0.4 is 5.43 Å². The van der Waals surface area contributed by atoms with Crippen LogP contribution in [0.1, 0.15) is 10.4 Å². The second kappa shape index (κ2) is 3.92. The molecule has 4 heteroatoms. The predicted molar refractivity (Wildman–Crippen MR) is 71.7 cm³/mol. The van der Waals surface area contributed by atoms with Crippen LogP contribution in [0.25, 0.3) is 20.5 Å². The Kier molecular flexibility index (Phi) is 2.38.